The van der Waals surface area contributed by atoms with Gasteiger partial charge < -0.3 is 5.73 Å². The molecule has 0 unspecified atom stereocenters. The van der Waals surface area contributed by atoms with Crippen LogP contribution in [0.15, 0.2) is 52.5 Å². The van der Waals surface area contributed by atoms with Crippen LogP contribution in [0, 0.1) is 0 Å². The van der Waals surface area contributed by atoms with Crippen molar-refractivity contribution in [2.24, 2.45) is 0 Å². The molecule has 2 N–H and O–H groups in total. The van der Waals surface area contributed by atoms with E-state index >= 15 is 0 Å². The molecule has 0 aliphatic heterocycles. The maximum Gasteiger partial charge on any atom is 0.101 e. The fourth-order valence-corrected chi connectivity index (χ4v) is 2.06. The van der Waals surface area contributed by atoms with Gasteiger partial charge in [-0.2, -0.15) is 0 Å². The van der Waals surface area contributed by atoms with Gasteiger partial charge in [0.05, 0.1) is 5.02 Å². The fourth-order valence-electron chi connectivity index (χ4n) is 1.12. The Bertz CT molecular complexity index is 456. The highest BCUT2D eigenvalue weighted by Gasteiger charge is 1.98. The normalized spacial score (nSPS) is 10.2. The number of pyridine rings is 1. The summed E-state index contributed by atoms with van der Waals surface area (Å²) >= 11 is 7.31. The van der Waals surface area contributed by atoms with Gasteiger partial charge in [-0.15, -0.1) is 0 Å². The molecule has 1 heterocycles. The zero-order valence-corrected chi connectivity index (χ0v) is 9.42. The number of nitrogens with zero attached hydrogens (tertiary/aromatic N) is 1. The lowest BCUT2D eigenvalue weighted by molar-refractivity contribution is 1.13. The van der Waals surface area contributed by atoms with Crippen LogP contribution in [0.25, 0.3) is 0 Å². The number of aromatic nitrogens is 1. The minimum absolute atomic E-state index is 0.645. The van der Waals surface area contributed by atoms with E-state index in [1.54, 1.807) is 18.0 Å². The van der Waals surface area contributed by atoms with Crippen LogP contribution >= 0.6 is 23.4 Å². The Kier molecular flexibility index (Phi) is 3.14. The van der Waals surface area contributed by atoms with Crippen LogP contribution in [-0.4, -0.2) is 4.98 Å². The van der Waals surface area contributed by atoms with E-state index in [1.807, 2.05) is 36.4 Å². The summed E-state index contributed by atoms with van der Waals surface area (Å²) in [4.78, 5) is 5.27. The van der Waals surface area contributed by atoms with Gasteiger partial charge >= 0.3 is 0 Å². The number of anilines is 1. The SMILES string of the molecule is Nc1cccc(Sc2ccc(Cl)cn2)c1. The monoisotopic (exact) mass is 236 g/mol. The molecule has 15 heavy (non-hydrogen) atoms. The van der Waals surface area contributed by atoms with E-state index in [-0.39, 0.29) is 0 Å². The number of nitrogens with two attached hydrogens (primary N) is 1. The van der Waals surface area contributed by atoms with Gasteiger partial charge in [-0.3, -0.25) is 0 Å². The summed E-state index contributed by atoms with van der Waals surface area (Å²) in [6.07, 6.45) is 1.64. The summed E-state index contributed by atoms with van der Waals surface area (Å²) in [6.45, 7) is 0. The first-order chi connectivity index (χ1) is 7.24. The van der Waals surface area contributed by atoms with Crippen molar-refractivity contribution in [1.82, 2.24) is 4.98 Å². The van der Waals surface area contributed by atoms with Gasteiger partial charge in [-0.1, -0.05) is 29.4 Å². The molecule has 0 saturated heterocycles. The van der Waals surface area contributed by atoms with Gasteiger partial charge in [0, 0.05) is 16.8 Å². The molecule has 1 aromatic heterocycles. The highest BCUT2D eigenvalue weighted by atomic mass is 35.5. The molecular formula is C11H9ClN2S. The second-order valence-electron chi connectivity index (χ2n) is 2.99. The van der Waals surface area contributed by atoms with Crippen molar-refractivity contribution in [2.45, 2.75) is 9.92 Å². The number of benzene rings is 1. The molecule has 76 valence electrons. The molecule has 2 rings (SSSR count). The molecular weight excluding hydrogens is 228 g/mol. The van der Waals surface area contributed by atoms with Crippen LogP contribution < -0.4 is 5.73 Å². The molecule has 4 heteroatoms. The van der Waals surface area contributed by atoms with Gasteiger partial charge in [0.1, 0.15) is 5.03 Å². The Morgan fingerprint density at radius 3 is 2.73 bits per heavy atom. The van der Waals surface area contributed by atoms with Crippen molar-refractivity contribution in [1.29, 1.82) is 0 Å². The van der Waals surface area contributed by atoms with Crippen molar-refractivity contribution in [3.8, 4) is 0 Å². The average molecular weight is 237 g/mol. The zero-order chi connectivity index (χ0) is 10.7. The van der Waals surface area contributed by atoms with Crippen molar-refractivity contribution in [3.63, 3.8) is 0 Å². The molecule has 0 spiro atoms. The molecule has 0 saturated carbocycles. The van der Waals surface area contributed by atoms with E-state index in [2.05, 4.69) is 4.98 Å². The summed E-state index contributed by atoms with van der Waals surface area (Å²) < 4.78 is 0. The third-order valence-corrected chi connectivity index (χ3v) is 2.94. The third kappa shape index (κ3) is 2.88. The Morgan fingerprint density at radius 1 is 1.20 bits per heavy atom. The van der Waals surface area contributed by atoms with E-state index in [9.17, 15) is 0 Å². The predicted octanol–water partition coefficient (Wildman–Crippen LogP) is 3.47. The molecule has 0 radical (unpaired) electrons. The van der Waals surface area contributed by atoms with E-state index < -0.39 is 0 Å². The van der Waals surface area contributed by atoms with E-state index in [1.165, 1.54) is 0 Å². The summed E-state index contributed by atoms with van der Waals surface area (Å²) in [5.74, 6) is 0. The quantitative estimate of drug-likeness (QED) is 0.812. The van der Waals surface area contributed by atoms with Gasteiger partial charge in [-0.25, -0.2) is 4.98 Å². The molecule has 2 nitrogen and oxygen atoms in total. The van der Waals surface area contributed by atoms with E-state index in [4.69, 9.17) is 17.3 Å². The minimum atomic E-state index is 0.645. The van der Waals surface area contributed by atoms with Gasteiger partial charge in [0.2, 0.25) is 0 Å². The van der Waals surface area contributed by atoms with Crippen molar-refractivity contribution >= 4 is 29.1 Å². The molecule has 0 aliphatic carbocycles. The number of hydrogen-bond donors (Lipinski definition) is 1. The van der Waals surface area contributed by atoms with Gasteiger partial charge in [0.15, 0.2) is 0 Å². The highest BCUT2D eigenvalue weighted by molar-refractivity contribution is 7.99. The molecule has 2 aromatic rings. The topological polar surface area (TPSA) is 38.9 Å². The Hall–Kier alpha value is -1.19. The zero-order valence-electron chi connectivity index (χ0n) is 7.85. The van der Waals surface area contributed by atoms with Crippen molar-refractivity contribution in [3.05, 3.63) is 47.6 Å². The summed E-state index contributed by atoms with van der Waals surface area (Å²) in [5, 5.41) is 1.55. The molecule has 1 aromatic carbocycles. The van der Waals surface area contributed by atoms with Crippen LogP contribution in [0.1, 0.15) is 0 Å². The number of halogens is 1. The van der Waals surface area contributed by atoms with Gasteiger partial charge in [0.25, 0.3) is 0 Å². The first-order valence-corrected chi connectivity index (χ1v) is 5.58. The Morgan fingerprint density at radius 2 is 2.07 bits per heavy atom. The smallest absolute Gasteiger partial charge is 0.101 e. The third-order valence-electron chi connectivity index (χ3n) is 1.78. The van der Waals surface area contributed by atoms with Crippen LogP contribution in [0.2, 0.25) is 5.02 Å². The summed E-state index contributed by atoms with van der Waals surface area (Å²) in [5.41, 5.74) is 6.44. The summed E-state index contributed by atoms with van der Waals surface area (Å²) in [7, 11) is 0. The van der Waals surface area contributed by atoms with Crippen LogP contribution in [0.4, 0.5) is 5.69 Å². The van der Waals surface area contributed by atoms with Crippen molar-refractivity contribution in [2.75, 3.05) is 5.73 Å². The molecule has 0 bridgehead atoms. The standard InChI is InChI=1S/C11H9ClN2S/c12-8-4-5-11(14-7-8)15-10-3-1-2-9(13)6-10/h1-7H,13H2. The second kappa shape index (κ2) is 4.55. The highest BCUT2D eigenvalue weighted by Crippen LogP contribution is 2.27. The van der Waals surface area contributed by atoms with Crippen molar-refractivity contribution < 1.29 is 0 Å². The van der Waals surface area contributed by atoms with E-state index in [0.29, 0.717) is 5.02 Å². The molecule has 0 aliphatic rings. The number of hydrogen-bond acceptors (Lipinski definition) is 3. The first kappa shape index (κ1) is 10.3. The molecule has 0 fully saturated rings. The van der Waals surface area contributed by atoms with Gasteiger partial charge in [-0.05, 0) is 30.3 Å². The Balaban J connectivity index is 2.18. The van der Waals surface area contributed by atoms with Crippen LogP contribution in [-0.2, 0) is 0 Å². The van der Waals surface area contributed by atoms with Crippen LogP contribution in [0.3, 0.4) is 0 Å². The predicted molar refractivity (Wildman–Crippen MR) is 64.2 cm³/mol. The maximum atomic E-state index is 5.75. The van der Waals surface area contributed by atoms with Crippen LogP contribution in [0.5, 0.6) is 0 Å². The number of rotatable bonds is 2. The molecule has 0 atom stereocenters. The first-order valence-electron chi connectivity index (χ1n) is 4.39. The Labute approximate surface area is 97.5 Å². The lowest BCUT2D eigenvalue weighted by Crippen LogP contribution is -1.84. The second-order valence-corrected chi connectivity index (χ2v) is 4.52. The fraction of sp³-hybridized carbons (Fsp3) is 0. The van der Waals surface area contributed by atoms with E-state index in [0.717, 1.165) is 15.6 Å². The largest absolute Gasteiger partial charge is 0.399 e. The average Bonchev–Trinajstić information content (AvgIpc) is 2.22. The number of nitrogen functional groups attached to an aromatic ring is 1. The maximum absolute atomic E-state index is 5.75. The molecule has 0 amide bonds. The lowest BCUT2D eigenvalue weighted by Gasteiger charge is -2.01. The minimum Gasteiger partial charge on any atom is -0.399 e. The lowest BCUT2D eigenvalue weighted by atomic mass is 10.3. The summed E-state index contributed by atoms with van der Waals surface area (Å²) in [6, 6.07) is 11.4.